The summed E-state index contributed by atoms with van der Waals surface area (Å²) in [5.41, 5.74) is 3.07. The van der Waals surface area contributed by atoms with Crippen LogP contribution in [0, 0.1) is 12.7 Å². The van der Waals surface area contributed by atoms with Gasteiger partial charge in [0, 0.05) is 44.2 Å². The second-order valence-corrected chi connectivity index (χ2v) is 7.50. The molecule has 2 aromatic heterocycles. The zero-order valence-corrected chi connectivity index (χ0v) is 16.6. The molecule has 1 fully saturated rings. The number of carbonyl (C=O) groups is 1. The first-order valence-corrected chi connectivity index (χ1v) is 10.1. The third-order valence-electron chi connectivity index (χ3n) is 5.52. The van der Waals surface area contributed by atoms with E-state index >= 15 is 0 Å². The highest BCUT2D eigenvalue weighted by molar-refractivity contribution is 5.82. The van der Waals surface area contributed by atoms with Gasteiger partial charge in [-0.3, -0.25) is 9.78 Å². The van der Waals surface area contributed by atoms with Crippen molar-refractivity contribution in [1.82, 2.24) is 14.9 Å². The predicted molar refractivity (Wildman–Crippen MR) is 112 cm³/mol. The highest BCUT2D eigenvalue weighted by Crippen LogP contribution is 2.21. The number of aryl methyl sites for hydroxylation is 2. The standard InChI is InChI=1S/C23H25FN4O/c1-17-15-19(24)16-26-23(17)28-13-11-27(12-14-28)22(29)9-3-6-18-5-2-8-21-20(18)7-4-10-25-21/h2,4-5,7-8,10,15-16H,3,6,9,11-14H2,1H3. The minimum absolute atomic E-state index is 0.201. The predicted octanol–water partition coefficient (Wildman–Crippen LogP) is 3.75. The maximum absolute atomic E-state index is 13.3. The van der Waals surface area contributed by atoms with Crippen LogP contribution in [0.25, 0.3) is 10.9 Å². The van der Waals surface area contributed by atoms with E-state index in [9.17, 15) is 9.18 Å². The SMILES string of the molecule is Cc1cc(F)cnc1N1CCN(C(=O)CCCc2cccc3ncccc23)CC1. The number of anilines is 1. The van der Waals surface area contributed by atoms with Crippen molar-refractivity contribution in [3.05, 3.63) is 65.7 Å². The molecular formula is C23H25FN4O. The van der Waals surface area contributed by atoms with Crippen LogP contribution in [-0.4, -0.2) is 47.0 Å². The molecule has 4 rings (SSSR count). The lowest BCUT2D eigenvalue weighted by Gasteiger charge is -2.36. The monoisotopic (exact) mass is 392 g/mol. The summed E-state index contributed by atoms with van der Waals surface area (Å²) in [6, 6.07) is 11.7. The molecule has 0 unspecified atom stereocenters. The van der Waals surface area contributed by atoms with E-state index in [0.717, 1.165) is 42.8 Å². The molecule has 1 aliphatic heterocycles. The number of hydrogen-bond donors (Lipinski definition) is 0. The molecule has 29 heavy (non-hydrogen) atoms. The van der Waals surface area contributed by atoms with Crippen LogP contribution in [0.5, 0.6) is 0 Å². The van der Waals surface area contributed by atoms with Gasteiger partial charge in [-0.1, -0.05) is 18.2 Å². The van der Waals surface area contributed by atoms with Crippen LogP contribution in [0.3, 0.4) is 0 Å². The van der Waals surface area contributed by atoms with E-state index in [-0.39, 0.29) is 11.7 Å². The second kappa shape index (κ2) is 8.55. The molecular weight excluding hydrogens is 367 g/mol. The van der Waals surface area contributed by atoms with Crippen LogP contribution >= 0.6 is 0 Å². The van der Waals surface area contributed by atoms with Crippen molar-refractivity contribution in [1.29, 1.82) is 0 Å². The summed E-state index contributed by atoms with van der Waals surface area (Å²) < 4.78 is 13.3. The van der Waals surface area contributed by atoms with Crippen LogP contribution < -0.4 is 4.90 Å². The number of aromatic nitrogens is 2. The first kappa shape index (κ1) is 19.3. The van der Waals surface area contributed by atoms with Crippen molar-refractivity contribution >= 4 is 22.6 Å². The van der Waals surface area contributed by atoms with Crippen molar-refractivity contribution in [2.75, 3.05) is 31.1 Å². The first-order valence-electron chi connectivity index (χ1n) is 10.1. The fourth-order valence-corrected chi connectivity index (χ4v) is 4.01. The third-order valence-corrected chi connectivity index (χ3v) is 5.52. The summed E-state index contributed by atoms with van der Waals surface area (Å²) in [5, 5.41) is 1.17. The molecule has 0 saturated carbocycles. The number of amides is 1. The number of fused-ring (bicyclic) bond motifs is 1. The number of halogens is 1. The number of nitrogens with zero attached hydrogens (tertiary/aromatic N) is 4. The second-order valence-electron chi connectivity index (χ2n) is 7.50. The number of piperazine rings is 1. The normalized spacial score (nSPS) is 14.4. The molecule has 3 heterocycles. The van der Waals surface area contributed by atoms with E-state index in [1.165, 1.54) is 23.2 Å². The summed E-state index contributed by atoms with van der Waals surface area (Å²) >= 11 is 0. The molecule has 6 heteroatoms. The van der Waals surface area contributed by atoms with Crippen molar-refractivity contribution in [3.63, 3.8) is 0 Å². The van der Waals surface area contributed by atoms with E-state index in [1.807, 2.05) is 30.0 Å². The van der Waals surface area contributed by atoms with Crippen LogP contribution in [0.2, 0.25) is 0 Å². The molecule has 0 radical (unpaired) electrons. The van der Waals surface area contributed by atoms with Crippen molar-refractivity contribution < 1.29 is 9.18 Å². The van der Waals surface area contributed by atoms with E-state index in [4.69, 9.17) is 0 Å². The van der Waals surface area contributed by atoms with E-state index < -0.39 is 0 Å². The van der Waals surface area contributed by atoms with Crippen LogP contribution in [-0.2, 0) is 11.2 Å². The van der Waals surface area contributed by atoms with Crippen molar-refractivity contribution in [2.45, 2.75) is 26.2 Å². The Kier molecular flexibility index (Phi) is 5.69. The van der Waals surface area contributed by atoms with Gasteiger partial charge in [0.1, 0.15) is 11.6 Å². The average molecular weight is 392 g/mol. The number of benzene rings is 1. The number of hydrogen-bond acceptors (Lipinski definition) is 4. The van der Waals surface area contributed by atoms with Crippen LogP contribution in [0.15, 0.2) is 48.8 Å². The number of pyridine rings is 2. The average Bonchev–Trinajstić information content (AvgIpc) is 2.74. The molecule has 150 valence electrons. The van der Waals surface area contributed by atoms with Gasteiger partial charge >= 0.3 is 0 Å². The van der Waals surface area contributed by atoms with E-state index in [0.29, 0.717) is 19.5 Å². The Balaban J connectivity index is 1.29. The third kappa shape index (κ3) is 4.36. The molecule has 1 saturated heterocycles. The minimum atomic E-state index is -0.318. The van der Waals surface area contributed by atoms with Gasteiger partial charge in [0.15, 0.2) is 0 Å². The summed E-state index contributed by atoms with van der Waals surface area (Å²) in [7, 11) is 0. The Morgan fingerprint density at radius 2 is 1.93 bits per heavy atom. The van der Waals surface area contributed by atoms with Gasteiger partial charge in [0.2, 0.25) is 5.91 Å². The Labute approximate surface area is 170 Å². The van der Waals surface area contributed by atoms with Gasteiger partial charge in [0.25, 0.3) is 0 Å². The molecule has 0 bridgehead atoms. The van der Waals surface area contributed by atoms with Gasteiger partial charge in [-0.25, -0.2) is 9.37 Å². The minimum Gasteiger partial charge on any atom is -0.353 e. The van der Waals surface area contributed by atoms with Gasteiger partial charge in [-0.05, 0) is 49.1 Å². The highest BCUT2D eigenvalue weighted by atomic mass is 19.1. The lowest BCUT2D eigenvalue weighted by molar-refractivity contribution is -0.131. The smallest absolute Gasteiger partial charge is 0.222 e. The molecule has 0 aliphatic carbocycles. The van der Waals surface area contributed by atoms with E-state index in [2.05, 4.69) is 27.0 Å². The Hall–Kier alpha value is -3.02. The summed E-state index contributed by atoms with van der Waals surface area (Å²) in [5.74, 6) is 0.692. The lowest BCUT2D eigenvalue weighted by atomic mass is 10.0. The number of rotatable bonds is 5. The zero-order valence-electron chi connectivity index (χ0n) is 16.6. The molecule has 0 spiro atoms. The Morgan fingerprint density at radius 1 is 1.10 bits per heavy atom. The van der Waals surface area contributed by atoms with Gasteiger partial charge in [-0.15, -0.1) is 0 Å². The van der Waals surface area contributed by atoms with Gasteiger partial charge < -0.3 is 9.80 Å². The molecule has 0 atom stereocenters. The lowest BCUT2D eigenvalue weighted by Crippen LogP contribution is -2.49. The molecule has 1 aromatic carbocycles. The Morgan fingerprint density at radius 3 is 2.72 bits per heavy atom. The topological polar surface area (TPSA) is 49.3 Å². The van der Waals surface area contributed by atoms with Crippen LogP contribution in [0.1, 0.15) is 24.0 Å². The largest absolute Gasteiger partial charge is 0.353 e. The maximum Gasteiger partial charge on any atom is 0.222 e. The quantitative estimate of drug-likeness (QED) is 0.664. The molecule has 3 aromatic rings. The fraction of sp³-hybridized carbons (Fsp3) is 0.348. The van der Waals surface area contributed by atoms with E-state index in [1.54, 1.807) is 6.20 Å². The molecule has 0 N–H and O–H groups in total. The Bertz CT molecular complexity index is 1010. The van der Waals surface area contributed by atoms with Gasteiger partial charge in [-0.2, -0.15) is 0 Å². The summed E-state index contributed by atoms with van der Waals surface area (Å²) in [4.78, 5) is 25.3. The first-order chi connectivity index (χ1) is 14.1. The molecule has 5 nitrogen and oxygen atoms in total. The molecule has 1 amide bonds. The summed E-state index contributed by atoms with van der Waals surface area (Å²) in [6.07, 6.45) is 5.30. The summed E-state index contributed by atoms with van der Waals surface area (Å²) in [6.45, 7) is 4.66. The number of carbonyl (C=O) groups excluding carboxylic acids is 1. The van der Waals surface area contributed by atoms with Crippen LogP contribution in [0.4, 0.5) is 10.2 Å². The van der Waals surface area contributed by atoms with Crippen molar-refractivity contribution in [2.24, 2.45) is 0 Å². The molecule has 1 aliphatic rings. The fourth-order valence-electron chi connectivity index (χ4n) is 4.01. The highest BCUT2D eigenvalue weighted by Gasteiger charge is 2.22. The zero-order chi connectivity index (χ0) is 20.2. The maximum atomic E-state index is 13.3. The van der Waals surface area contributed by atoms with Gasteiger partial charge in [0.05, 0.1) is 11.7 Å². The van der Waals surface area contributed by atoms with Crippen molar-refractivity contribution in [3.8, 4) is 0 Å².